The average molecular weight is 273 g/mol. The number of nitrogens with one attached hydrogen (secondary N) is 1. The highest BCUT2D eigenvalue weighted by Crippen LogP contribution is 2.36. The van der Waals surface area contributed by atoms with E-state index < -0.39 is 0 Å². The highest BCUT2D eigenvalue weighted by Gasteiger charge is 2.09. The van der Waals surface area contributed by atoms with Gasteiger partial charge in [0.2, 0.25) is 5.91 Å². The Morgan fingerprint density at radius 2 is 1.50 bits per heavy atom. The third-order valence-electron chi connectivity index (χ3n) is 2.02. The molecule has 1 rings (SSSR count). The first-order chi connectivity index (χ1) is 7.62. The molecule has 1 N–H and O–H groups in total. The van der Waals surface area contributed by atoms with Crippen LogP contribution in [-0.2, 0) is 4.79 Å². The van der Waals surface area contributed by atoms with Crippen LogP contribution in [0.25, 0.3) is 0 Å². The van der Waals surface area contributed by atoms with Crippen molar-refractivity contribution in [3.8, 4) is 0 Å². The summed E-state index contributed by atoms with van der Waals surface area (Å²) in [5.41, 5.74) is 0.905. The Morgan fingerprint density at radius 1 is 1.00 bits per heavy atom. The number of hydrogen-bond donors (Lipinski definition) is 1. The number of carbonyl (C=O) groups is 1. The molecule has 0 heterocycles. The van der Waals surface area contributed by atoms with Crippen molar-refractivity contribution in [2.24, 2.45) is 0 Å². The molecule has 2 nitrogen and oxygen atoms in total. The second-order valence-corrected chi connectivity index (χ2v) is 5.63. The Balaban J connectivity index is 3.20. The molecule has 0 spiro atoms. The lowest BCUT2D eigenvalue weighted by Gasteiger charge is -2.13. The van der Waals surface area contributed by atoms with Gasteiger partial charge in [-0.25, -0.2) is 0 Å². The lowest BCUT2D eigenvalue weighted by molar-refractivity contribution is -0.114. The Hall–Kier alpha value is -0.260. The number of anilines is 1. The van der Waals surface area contributed by atoms with E-state index in [9.17, 15) is 4.79 Å². The van der Waals surface area contributed by atoms with Crippen molar-refractivity contribution in [1.82, 2.24) is 0 Å². The van der Waals surface area contributed by atoms with Crippen LogP contribution in [0.2, 0.25) is 0 Å². The molecule has 0 fully saturated rings. The summed E-state index contributed by atoms with van der Waals surface area (Å²) in [6.07, 6.45) is 6.13. The molecule has 0 aliphatic rings. The van der Waals surface area contributed by atoms with E-state index in [0.717, 1.165) is 10.6 Å². The molecule has 0 aromatic heterocycles. The van der Waals surface area contributed by atoms with Crippen molar-refractivity contribution >= 4 is 46.9 Å². The van der Waals surface area contributed by atoms with Gasteiger partial charge in [-0.05, 0) is 30.9 Å². The zero-order valence-electron chi connectivity index (χ0n) is 9.79. The van der Waals surface area contributed by atoms with Crippen LogP contribution < -0.4 is 5.32 Å². The third-order valence-corrected chi connectivity index (χ3v) is 4.48. The smallest absolute Gasteiger partial charge is 0.221 e. The SMILES string of the molecule is CSc1cc(SC)c(SC)cc1NC(C)=O. The van der Waals surface area contributed by atoms with Crippen molar-refractivity contribution in [2.75, 3.05) is 24.1 Å². The number of rotatable bonds is 4. The fourth-order valence-corrected chi connectivity index (χ4v) is 3.45. The molecule has 1 amide bonds. The van der Waals surface area contributed by atoms with Gasteiger partial charge in [0, 0.05) is 21.6 Å². The lowest BCUT2D eigenvalue weighted by atomic mass is 10.3. The molecular weight excluding hydrogens is 258 g/mol. The average Bonchev–Trinajstić information content (AvgIpc) is 2.27. The third kappa shape index (κ3) is 3.37. The van der Waals surface area contributed by atoms with Crippen molar-refractivity contribution in [2.45, 2.75) is 21.6 Å². The molecule has 0 saturated heterocycles. The molecule has 5 heteroatoms. The number of hydrogen-bond acceptors (Lipinski definition) is 4. The van der Waals surface area contributed by atoms with Crippen LogP contribution in [0.5, 0.6) is 0 Å². The summed E-state index contributed by atoms with van der Waals surface area (Å²) < 4.78 is 0. The van der Waals surface area contributed by atoms with Gasteiger partial charge in [0.05, 0.1) is 5.69 Å². The summed E-state index contributed by atoms with van der Waals surface area (Å²) in [5, 5.41) is 2.87. The molecule has 1 aromatic rings. The van der Waals surface area contributed by atoms with E-state index in [1.165, 1.54) is 16.7 Å². The molecule has 0 saturated carbocycles. The van der Waals surface area contributed by atoms with E-state index in [1.54, 1.807) is 35.3 Å². The van der Waals surface area contributed by atoms with Gasteiger partial charge in [-0.15, -0.1) is 35.3 Å². The second kappa shape index (κ2) is 6.47. The first-order valence-corrected chi connectivity index (χ1v) is 8.37. The second-order valence-electron chi connectivity index (χ2n) is 3.09. The lowest BCUT2D eigenvalue weighted by Crippen LogP contribution is -2.07. The van der Waals surface area contributed by atoms with Crippen LogP contribution in [0.3, 0.4) is 0 Å². The molecule has 1 aromatic carbocycles. The van der Waals surface area contributed by atoms with Gasteiger partial charge in [0.25, 0.3) is 0 Å². The number of benzene rings is 1. The Morgan fingerprint density at radius 3 is 1.94 bits per heavy atom. The number of thioether (sulfide) groups is 3. The van der Waals surface area contributed by atoms with Crippen LogP contribution in [0.4, 0.5) is 5.69 Å². The van der Waals surface area contributed by atoms with Crippen LogP contribution in [0.15, 0.2) is 26.8 Å². The highest BCUT2D eigenvalue weighted by atomic mass is 32.2. The van der Waals surface area contributed by atoms with Crippen LogP contribution in [-0.4, -0.2) is 24.7 Å². The van der Waals surface area contributed by atoms with Gasteiger partial charge in [0.1, 0.15) is 0 Å². The monoisotopic (exact) mass is 273 g/mol. The van der Waals surface area contributed by atoms with Gasteiger partial charge in [-0.2, -0.15) is 0 Å². The van der Waals surface area contributed by atoms with E-state index in [4.69, 9.17) is 0 Å². The summed E-state index contributed by atoms with van der Waals surface area (Å²) in [5.74, 6) is -0.0285. The first kappa shape index (κ1) is 13.8. The van der Waals surface area contributed by atoms with Crippen molar-refractivity contribution in [3.05, 3.63) is 12.1 Å². The van der Waals surface area contributed by atoms with Gasteiger partial charge in [0.15, 0.2) is 0 Å². The van der Waals surface area contributed by atoms with E-state index in [2.05, 4.69) is 17.6 Å². The van der Waals surface area contributed by atoms with Crippen molar-refractivity contribution in [1.29, 1.82) is 0 Å². The minimum absolute atomic E-state index is 0.0285. The van der Waals surface area contributed by atoms with Crippen LogP contribution in [0, 0.1) is 0 Å². The fourth-order valence-electron chi connectivity index (χ4n) is 1.32. The van der Waals surface area contributed by atoms with Gasteiger partial charge in [-0.3, -0.25) is 4.79 Å². The van der Waals surface area contributed by atoms with E-state index in [1.807, 2.05) is 18.6 Å². The van der Waals surface area contributed by atoms with E-state index in [0.29, 0.717) is 0 Å². The van der Waals surface area contributed by atoms with Crippen LogP contribution >= 0.6 is 35.3 Å². The predicted molar refractivity (Wildman–Crippen MR) is 76.1 cm³/mol. The molecule has 0 aliphatic carbocycles. The van der Waals surface area contributed by atoms with Crippen molar-refractivity contribution in [3.63, 3.8) is 0 Å². The summed E-state index contributed by atoms with van der Waals surface area (Å²) in [6, 6.07) is 4.18. The molecule has 0 atom stereocenters. The predicted octanol–water partition coefficient (Wildman–Crippen LogP) is 3.81. The highest BCUT2D eigenvalue weighted by molar-refractivity contribution is 8.01. The normalized spacial score (nSPS) is 10.2. The quantitative estimate of drug-likeness (QED) is 0.845. The fraction of sp³-hybridized carbons (Fsp3) is 0.364. The molecule has 88 valence electrons. The van der Waals surface area contributed by atoms with E-state index in [-0.39, 0.29) is 5.91 Å². The molecule has 0 radical (unpaired) electrons. The summed E-state index contributed by atoms with van der Waals surface area (Å²) in [4.78, 5) is 14.7. The molecule has 0 bridgehead atoms. The maximum absolute atomic E-state index is 11.1. The molecule has 0 unspecified atom stereocenters. The summed E-state index contributed by atoms with van der Waals surface area (Å²) in [7, 11) is 0. The van der Waals surface area contributed by atoms with Gasteiger partial charge < -0.3 is 5.32 Å². The van der Waals surface area contributed by atoms with Crippen LogP contribution in [0.1, 0.15) is 6.92 Å². The largest absolute Gasteiger partial charge is 0.325 e. The zero-order chi connectivity index (χ0) is 12.1. The minimum atomic E-state index is -0.0285. The maximum Gasteiger partial charge on any atom is 0.221 e. The Bertz CT molecular complexity index is 393. The van der Waals surface area contributed by atoms with E-state index >= 15 is 0 Å². The van der Waals surface area contributed by atoms with Crippen molar-refractivity contribution < 1.29 is 4.79 Å². The molecule has 16 heavy (non-hydrogen) atoms. The summed E-state index contributed by atoms with van der Waals surface area (Å²) >= 11 is 5.08. The molecule has 0 aliphatic heterocycles. The minimum Gasteiger partial charge on any atom is -0.325 e. The number of amides is 1. The first-order valence-electron chi connectivity index (χ1n) is 4.70. The standard InChI is InChI=1S/C11H15NOS3/c1-7(13)12-8-5-10(15-3)11(16-4)6-9(8)14-2/h5-6H,1-4H3,(H,12,13). The topological polar surface area (TPSA) is 29.1 Å². The van der Waals surface area contributed by atoms with Gasteiger partial charge in [-0.1, -0.05) is 0 Å². The molecular formula is C11H15NOS3. The zero-order valence-corrected chi connectivity index (χ0v) is 12.2. The Kier molecular flexibility index (Phi) is 5.58. The number of carbonyl (C=O) groups excluding carboxylic acids is 1. The maximum atomic E-state index is 11.1. The van der Waals surface area contributed by atoms with Gasteiger partial charge >= 0.3 is 0 Å². The summed E-state index contributed by atoms with van der Waals surface area (Å²) in [6.45, 7) is 1.53. The Labute approximate surface area is 109 Å².